The van der Waals surface area contributed by atoms with E-state index in [1.165, 1.54) is 6.92 Å². The molecule has 0 aliphatic heterocycles. The fraction of sp³-hybridized carbons (Fsp3) is 0.235. The topological polar surface area (TPSA) is 63.2 Å². The first-order valence-electron chi connectivity index (χ1n) is 7.05. The van der Waals surface area contributed by atoms with Gasteiger partial charge in [-0.1, -0.05) is 42.0 Å². The number of carbonyl (C=O) groups excluding carboxylic acids is 1. The van der Waals surface area contributed by atoms with Crippen LogP contribution in [0.3, 0.4) is 0 Å². The van der Waals surface area contributed by atoms with Gasteiger partial charge in [0, 0.05) is 12.1 Å². The van der Waals surface area contributed by atoms with Crippen LogP contribution in [-0.2, 0) is 16.4 Å². The number of benzene rings is 2. The van der Waals surface area contributed by atoms with E-state index in [1.54, 1.807) is 36.4 Å². The molecule has 0 atom stereocenters. The Morgan fingerprint density at radius 3 is 2.14 bits per heavy atom. The van der Waals surface area contributed by atoms with Crippen LogP contribution in [0.25, 0.3) is 0 Å². The standard InChI is InChI=1S/C17H19NO3S/c1-13-3-9-17(10-4-13)22(20,21)18-12-11-15-5-7-16(8-6-15)14(2)19/h3-10,18H,11-12H2,1-2H3. The van der Waals surface area contributed by atoms with Crippen LogP contribution >= 0.6 is 0 Å². The highest BCUT2D eigenvalue weighted by Gasteiger charge is 2.12. The fourth-order valence-electron chi connectivity index (χ4n) is 2.04. The third-order valence-electron chi connectivity index (χ3n) is 3.40. The number of nitrogens with one attached hydrogen (secondary N) is 1. The van der Waals surface area contributed by atoms with Gasteiger partial charge in [0.2, 0.25) is 10.0 Å². The molecule has 1 N–H and O–H groups in total. The quantitative estimate of drug-likeness (QED) is 0.833. The van der Waals surface area contributed by atoms with E-state index >= 15 is 0 Å². The molecule has 0 aromatic heterocycles. The van der Waals surface area contributed by atoms with Gasteiger partial charge >= 0.3 is 0 Å². The number of aryl methyl sites for hydroxylation is 1. The summed E-state index contributed by atoms with van der Waals surface area (Å²) >= 11 is 0. The van der Waals surface area contributed by atoms with Crippen LogP contribution in [0.5, 0.6) is 0 Å². The lowest BCUT2D eigenvalue weighted by atomic mass is 10.1. The summed E-state index contributed by atoms with van der Waals surface area (Å²) in [6.45, 7) is 3.74. The molecule has 116 valence electrons. The Kier molecular flexibility index (Phi) is 5.11. The summed E-state index contributed by atoms with van der Waals surface area (Å²) in [5.41, 5.74) is 2.66. The monoisotopic (exact) mass is 317 g/mol. The Hall–Kier alpha value is -1.98. The summed E-state index contributed by atoms with van der Waals surface area (Å²) in [7, 11) is -3.47. The summed E-state index contributed by atoms with van der Waals surface area (Å²) in [4.78, 5) is 11.5. The molecule has 22 heavy (non-hydrogen) atoms. The number of Topliss-reactive ketones (excluding diaryl/α,β-unsaturated/α-hetero) is 1. The second-order valence-electron chi connectivity index (χ2n) is 5.21. The zero-order chi connectivity index (χ0) is 16.2. The lowest BCUT2D eigenvalue weighted by Gasteiger charge is -2.07. The zero-order valence-corrected chi connectivity index (χ0v) is 13.5. The SMILES string of the molecule is CC(=O)c1ccc(CCNS(=O)(=O)c2ccc(C)cc2)cc1. The number of hydrogen-bond acceptors (Lipinski definition) is 3. The normalized spacial score (nSPS) is 11.4. The van der Waals surface area contributed by atoms with Crippen LogP contribution in [0.15, 0.2) is 53.4 Å². The minimum Gasteiger partial charge on any atom is -0.295 e. The highest BCUT2D eigenvalue weighted by Crippen LogP contribution is 2.10. The minimum atomic E-state index is -3.47. The van der Waals surface area contributed by atoms with Crippen LogP contribution < -0.4 is 4.72 Å². The number of carbonyl (C=O) groups is 1. The van der Waals surface area contributed by atoms with Gasteiger partial charge in [0.15, 0.2) is 5.78 Å². The Morgan fingerprint density at radius 2 is 1.59 bits per heavy atom. The van der Waals surface area contributed by atoms with Crippen LogP contribution in [0, 0.1) is 6.92 Å². The van der Waals surface area contributed by atoms with Crippen molar-refractivity contribution in [2.45, 2.75) is 25.2 Å². The molecule has 0 saturated carbocycles. The van der Waals surface area contributed by atoms with Crippen molar-refractivity contribution in [3.8, 4) is 0 Å². The van der Waals surface area contributed by atoms with E-state index in [1.807, 2.05) is 19.1 Å². The number of hydrogen-bond donors (Lipinski definition) is 1. The van der Waals surface area contributed by atoms with E-state index in [4.69, 9.17) is 0 Å². The summed E-state index contributed by atoms with van der Waals surface area (Å²) < 4.78 is 26.8. The maximum absolute atomic E-state index is 12.1. The second-order valence-corrected chi connectivity index (χ2v) is 6.98. The lowest BCUT2D eigenvalue weighted by Crippen LogP contribution is -2.26. The summed E-state index contributed by atoms with van der Waals surface area (Å²) in [6.07, 6.45) is 0.573. The molecule has 0 fully saturated rings. The number of rotatable bonds is 6. The van der Waals surface area contributed by atoms with Gasteiger partial charge in [-0.15, -0.1) is 0 Å². The highest BCUT2D eigenvalue weighted by atomic mass is 32.2. The molecule has 0 heterocycles. The van der Waals surface area contributed by atoms with Gasteiger partial charge in [-0.3, -0.25) is 4.79 Å². The predicted molar refractivity (Wildman–Crippen MR) is 86.5 cm³/mol. The molecule has 2 aromatic carbocycles. The van der Waals surface area contributed by atoms with Gasteiger partial charge in [-0.05, 0) is 38.0 Å². The maximum Gasteiger partial charge on any atom is 0.240 e. The predicted octanol–water partition coefficient (Wildman–Crippen LogP) is 2.72. The largest absolute Gasteiger partial charge is 0.295 e. The van der Waals surface area contributed by atoms with Crippen molar-refractivity contribution in [3.05, 3.63) is 65.2 Å². The van der Waals surface area contributed by atoms with E-state index < -0.39 is 10.0 Å². The van der Waals surface area contributed by atoms with Crippen LogP contribution in [0.4, 0.5) is 0 Å². The summed E-state index contributed by atoms with van der Waals surface area (Å²) in [6, 6.07) is 13.9. The number of sulfonamides is 1. The van der Waals surface area contributed by atoms with E-state index in [0.29, 0.717) is 18.5 Å². The van der Waals surface area contributed by atoms with Gasteiger partial charge in [-0.2, -0.15) is 0 Å². The Morgan fingerprint density at radius 1 is 1.00 bits per heavy atom. The third kappa shape index (κ3) is 4.26. The van der Waals surface area contributed by atoms with Crippen molar-refractivity contribution in [1.82, 2.24) is 4.72 Å². The first-order chi connectivity index (χ1) is 10.4. The van der Waals surface area contributed by atoms with Gasteiger partial charge in [-0.25, -0.2) is 13.1 Å². The second kappa shape index (κ2) is 6.85. The molecule has 0 aliphatic carbocycles. The average molecular weight is 317 g/mol. The molecule has 0 bridgehead atoms. The molecular formula is C17H19NO3S. The van der Waals surface area contributed by atoms with Gasteiger partial charge in [0.25, 0.3) is 0 Å². The van der Waals surface area contributed by atoms with Gasteiger partial charge in [0.05, 0.1) is 4.90 Å². The molecule has 2 aromatic rings. The Labute approximate surface area is 131 Å². The molecule has 0 aliphatic rings. The molecule has 5 heteroatoms. The Bertz CT molecular complexity index is 747. The van der Waals surface area contributed by atoms with Crippen molar-refractivity contribution >= 4 is 15.8 Å². The van der Waals surface area contributed by atoms with Crippen LogP contribution in [0.2, 0.25) is 0 Å². The first kappa shape index (κ1) is 16.4. The van der Waals surface area contributed by atoms with E-state index in [2.05, 4.69) is 4.72 Å². The van der Waals surface area contributed by atoms with Crippen LogP contribution in [0.1, 0.15) is 28.4 Å². The van der Waals surface area contributed by atoms with Gasteiger partial charge in [0.1, 0.15) is 0 Å². The average Bonchev–Trinajstić information content (AvgIpc) is 2.48. The van der Waals surface area contributed by atoms with Crippen molar-refractivity contribution in [3.63, 3.8) is 0 Å². The maximum atomic E-state index is 12.1. The van der Waals surface area contributed by atoms with E-state index in [0.717, 1.165) is 11.1 Å². The molecule has 2 rings (SSSR count). The Balaban J connectivity index is 1.95. The molecular weight excluding hydrogens is 298 g/mol. The van der Waals surface area contributed by atoms with Crippen LogP contribution in [-0.4, -0.2) is 20.7 Å². The summed E-state index contributed by atoms with van der Waals surface area (Å²) in [5.74, 6) is 0.0200. The highest BCUT2D eigenvalue weighted by molar-refractivity contribution is 7.89. The van der Waals surface area contributed by atoms with Crippen molar-refractivity contribution in [2.75, 3.05) is 6.54 Å². The van der Waals surface area contributed by atoms with Crippen molar-refractivity contribution in [2.24, 2.45) is 0 Å². The van der Waals surface area contributed by atoms with Crippen molar-refractivity contribution in [1.29, 1.82) is 0 Å². The molecule has 0 unspecified atom stereocenters. The smallest absolute Gasteiger partial charge is 0.240 e. The van der Waals surface area contributed by atoms with E-state index in [-0.39, 0.29) is 10.7 Å². The molecule has 4 nitrogen and oxygen atoms in total. The summed E-state index contributed by atoms with van der Waals surface area (Å²) in [5, 5.41) is 0. The molecule has 0 saturated heterocycles. The zero-order valence-electron chi connectivity index (χ0n) is 12.7. The fourth-order valence-corrected chi connectivity index (χ4v) is 3.07. The molecule has 0 spiro atoms. The first-order valence-corrected chi connectivity index (χ1v) is 8.53. The van der Waals surface area contributed by atoms with Crippen molar-refractivity contribution < 1.29 is 13.2 Å². The third-order valence-corrected chi connectivity index (χ3v) is 4.87. The van der Waals surface area contributed by atoms with Gasteiger partial charge < -0.3 is 0 Å². The molecule has 0 amide bonds. The lowest BCUT2D eigenvalue weighted by molar-refractivity contribution is 0.101. The minimum absolute atomic E-state index is 0.0200. The van der Waals surface area contributed by atoms with E-state index in [9.17, 15) is 13.2 Å². The number of ketones is 1. The molecule has 0 radical (unpaired) electrons.